The van der Waals surface area contributed by atoms with Crippen LogP contribution < -0.4 is 5.32 Å². The average molecular weight is 276 g/mol. The smallest absolute Gasteiger partial charge is 0.329 e. The quantitative estimate of drug-likeness (QED) is 0.870. The molecule has 0 aliphatic carbocycles. The first-order valence-corrected chi connectivity index (χ1v) is 6.68. The summed E-state index contributed by atoms with van der Waals surface area (Å²) in [4.78, 5) is 25.2. The van der Waals surface area contributed by atoms with Gasteiger partial charge in [0.05, 0.1) is 0 Å². The normalized spacial score (nSPS) is 18.2. The molecule has 5 nitrogen and oxygen atoms in total. The number of nitrogens with zero attached hydrogens (tertiary/aromatic N) is 1. The minimum absolute atomic E-state index is 0.218. The molecule has 0 aromatic heterocycles. The molecule has 1 aliphatic heterocycles. The first kappa shape index (κ1) is 14.5. The Morgan fingerprint density at radius 3 is 2.65 bits per heavy atom. The zero-order valence-corrected chi connectivity index (χ0v) is 12.0. The standard InChI is InChI=1S/C15H20N2O3/c1-15(2,14(19)20)17(3)13(18)12-11-7-5-4-6-10(11)8-9-16-12/h4-7,12,16H,8-9H2,1-3H3,(H,19,20). The van der Waals surface area contributed by atoms with Crippen molar-refractivity contribution < 1.29 is 14.7 Å². The van der Waals surface area contributed by atoms with Crippen LogP contribution in [0.3, 0.4) is 0 Å². The summed E-state index contributed by atoms with van der Waals surface area (Å²) < 4.78 is 0. The van der Waals surface area contributed by atoms with Gasteiger partial charge in [-0.25, -0.2) is 4.79 Å². The lowest BCUT2D eigenvalue weighted by Crippen LogP contribution is -2.54. The van der Waals surface area contributed by atoms with Crippen molar-refractivity contribution in [2.24, 2.45) is 0 Å². The number of carbonyl (C=O) groups is 2. The van der Waals surface area contributed by atoms with Crippen molar-refractivity contribution in [2.75, 3.05) is 13.6 Å². The maximum atomic E-state index is 12.6. The molecule has 5 heteroatoms. The summed E-state index contributed by atoms with van der Waals surface area (Å²) in [6.07, 6.45) is 0.881. The monoisotopic (exact) mass is 276 g/mol. The number of hydrogen-bond acceptors (Lipinski definition) is 3. The molecular weight excluding hydrogens is 256 g/mol. The Kier molecular flexibility index (Phi) is 3.81. The molecule has 2 N–H and O–H groups in total. The van der Waals surface area contributed by atoms with Crippen LogP contribution in [0, 0.1) is 0 Å². The van der Waals surface area contributed by atoms with E-state index < -0.39 is 17.6 Å². The van der Waals surface area contributed by atoms with Gasteiger partial charge in [-0.1, -0.05) is 24.3 Å². The molecule has 0 bridgehead atoms. The summed E-state index contributed by atoms with van der Waals surface area (Å²) in [5.41, 5.74) is 0.855. The lowest BCUT2D eigenvalue weighted by molar-refractivity contribution is -0.156. The first-order chi connectivity index (χ1) is 9.35. The highest BCUT2D eigenvalue weighted by atomic mass is 16.4. The van der Waals surface area contributed by atoms with Gasteiger partial charge in [0.15, 0.2) is 0 Å². The van der Waals surface area contributed by atoms with Gasteiger partial charge in [0.25, 0.3) is 0 Å². The highest BCUT2D eigenvalue weighted by Gasteiger charge is 2.39. The number of rotatable bonds is 3. The Labute approximate surface area is 118 Å². The predicted octanol–water partition coefficient (Wildman–Crippen LogP) is 1.19. The zero-order valence-electron chi connectivity index (χ0n) is 12.0. The second kappa shape index (κ2) is 5.25. The van der Waals surface area contributed by atoms with Crippen LogP contribution in [-0.4, -0.2) is 41.0 Å². The Bertz CT molecular complexity index is 540. The number of aliphatic carboxylic acids is 1. The molecule has 1 heterocycles. The molecule has 1 aliphatic rings. The molecule has 0 saturated carbocycles. The third-order valence-corrected chi connectivity index (χ3v) is 4.05. The minimum atomic E-state index is -1.23. The van der Waals surface area contributed by atoms with Crippen molar-refractivity contribution in [1.29, 1.82) is 0 Å². The largest absolute Gasteiger partial charge is 0.480 e. The highest BCUT2D eigenvalue weighted by molar-refractivity contribution is 5.90. The third-order valence-electron chi connectivity index (χ3n) is 4.05. The molecule has 1 unspecified atom stereocenters. The summed E-state index contributed by atoms with van der Waals surface area (Å²) >= 11 is 0. The zero-order chi connectivity index (χ0) is 14.9. The number of hydrogen-bond donors (Lipinski definition) is 2. The molecule has 1 atom stereocenters. The SMILES string of the molecule is CN(C(=O)C1NCCc2ccccc21)C(C)(C)C(=O)O. The summed E-state index contributed by atoms with van der Waals surface area (Å²) in [6, 6.07) is 7.32. The van der Waals surface area contributed by atoms with Gasteiger partial charge in [0, 0.05) is 13.6 Å². The van der Waals surface area contributed by atoms with Crippen LogP contribution in [0.4, 0.5) is 0 Å². The fraction of sp³-hybridized carbons (Fsp3) is 0.467. The number of fused-ring (bicyclic) bond motifs is 1. The van der Waals surface area contributed by atoms with E-state index in [9.17, 15) is 14.7 Å². The Balaban J connectivity index is 2.29. The minimum Gasteiger partial charge on any atom is -0.480 e. The van der Waals surface area contributed by atoms with Crippen molar-refractivity contribution in [3.63, 3.8) is 0 Å². The van der Waals surface area contributed by atoms with E-state index in [0.29, 0.717) is 0 Å². The van der Waals surface area contributed by atoms with Crippen LogP contribution >= 0.6 is 0 Å². The molecule has 0 saturated heterocycles. The van der Waals surface area contributed by atoms with Crippen LogP contribution in [-0.2, 0) is 16.0 Å². The topological polar surface area (TPSA) is 69.6 Å². The molecule has 2 rings (SSSR count). The van der Waals surface area contributed by atoms with Crippen LogP contribution in [0.5, 0.6) is 0 Å². The van der Waals surface area contributed by atoms with Crippen molar-refractivity contribution >= 4 is 11.9 Å². The van der Waals surface area contributed by atoms with Gasteiger partial charge in [-0.3, -0.25) is 4.79 Å². The number of benzene rings is 1. The van der Waals surface area contributed by atoms with E-state index in [2.05, 4.69) is 5.32 Å². The van der Waals surface area contributed by atoms with Crippen LogP contribution in [0.1, 0.15) is 31.0 Å². The average Bonchev–Trinajstić information content (AvgIpc) is 2.44. The van der Waals surface area contributed by atoms with Gasteiger partial charge in [-0.15, -0.1) is 0 Å². The summed E-state index contributed by atoms with van der Waals surface area (Å²) in [5.74, 6) is -1.23. The Hall–Kier alpha value is -1.88. The Morgan fingerprint density at radius 2 is 2.00 bits per heavy atom. The molecule has 1 aromatic carbocycles. The van der Waals surface area contributed by atoms with E-state index in [1.54, 1.807) is 0 Å². The molecule has 0 fully saturated rings. The van der Waals surface area contributed by atoms with Crippen molar-refractivity contribution in [2.45, 2.75) is 31.8 Å². The molecule has 1 amide bonds. The summed E-state index contributed by atoms with van der Waals surface area (Å²) in [6.45, 7) is 3.78. The molecule has 0 spiro atoms. The number of carboxylic acids is 1. The second-order valence-corrected chi connectivity index (χ2v) is 5.60. The lowest BCUT2D eigenvalue weighted by Gasteiger charge is -2.36. The molecule has 0 radical (unpaired) electrons. The van der Waals surface area contributed by atoms with Crippen molar-refractivity contribution in [1.82, 2.24) is 10.2 Å². The highest BCUT2D eigenvalue weighted by Crippen LogP contribution is 2.26. The van der Waals surface area contributed by atoms with Gasteiger partial charge in [0.2, 0.25) is 5.91 Å². The van der Waals surface area contributed by atoms with Crippen molar-refractivity contribution in [3.8, 4) is 0 Å². The number of nitrogens with one attached hydrogen (secondary N) is 1. The number of carboxylic acid groups (broad SMARTS) is 1. The van der Waals surface area contributed by atoms with Gasteiger partial charge in [0.1, 0.15) is 11.6 Å². The van der Waals surface area contributed by atoms with Gasteiger partial charge < -0.3 is 15.3 Å². The van der Waals surface area contributed by atoms with E-state index in [-0.39, 0.29) is 5.91 Å². The van der Waals surface area contributed by atoms with E-state index in [4.69, 9.17) is 0 Å². The summed E-state index contributed by atoms with van der Waals surface area (Å²) in [7, 11) is 1.54. The second-order valence-electron chi connectivity index (χ2n) is 5.60. The van der Waals surface area contributed by atoms with E-state index >= 15 is 0 Å². The third kappa shape index (κ3) is 2.41. The molecular formula is C15H20N2O3. The van der Waals surface area contributed by atoms with Crippen LogP contribution in [0.25, 0.3) is 0 Å². The maximum absolute atomic E-state index is 12.6. The van der Waals surface area contributed by atoms with Gasteiger partial charge in [-0.05, 0) is 31.4 Å². The van der Waals surface area contributed by atoms with E-state index in [0.717, 1.165) is 24.1 Å². The lowest BCUT2D eigenvalue weighted by atomic mass is 9.92. The van der Waals surface area contributed by atoms with E-state index in [1.807, 2.05) is 24.3 Å². The van der Waals surface area contributed by atoms with Gasteiger partial charge >= 0.3 is 5.97 Å². The fourth-order valence-electron chi connectivity index (χ4n) is 2.34. The first-order valence-electron chi connectivity index (χ1n) is 6.68. The van der Waals surface area contributed by atoms with Gasteiger partial charge in [-0.2, -0.15) is 0 Å². The maximum Gasteiger partial charge on any atom is 0.329 e. The molecule has 108 valence electrons. The van der Waals surface area contributed by atoms with Crippen LogP contribution in [0.15, 0.2) is 24.3 Å². The van der Waals surface area contributed by atoms with E-state index in [1.165, 1.54) is 25.8 Å². The Morgan fingerprint density at radius 1 is 1.35 bits per heavy atom. The number of carbonyl (C=O) groups excluding carboxylic acids is 1. The fourth-order valence-corrected chi connectivity index (χ4v) is 2.34. The summed E-state index contributed by atoms with van der Waals surface area (Å²) in [5, 5.41) is 12.4. The number of likely N-dealkylation sites (N-methyl/N-ethyl adjacent to an activating group) is 1. The number of amides is 1. The molecule has 1 aromatic rings. The molecule has 20 heavy (non-hydrogen) atoms. The van der Waals surface area contributed by atoms with Crippen LogP contribution in [0.2, 0.25) is 0 Å². The van der Waals surface area contributed by atoms with Crippen molar-refractivity contribution in [3.05, 3.63) is 35.4 Å². The predicted molar refractivity (Wildman–Crippen MR) is 75.4 cm³/mol.